The molecular formula is C25H30ClN. The molecule has 2 rings (SSSR count). The van der Waals surface area contributed by atoms with Crippen LogP contribution in [0.1, 0.15) is 56.4 Å². The number of benzene rings is 2. The van der Waals surface area contributed by atoms with E-state index in [4.69, 9.17) is 11.6 Å². The minimum Gasteiger partial charge on any atom is -0.287 e. The van der Waals surface area contributed by atoms with Crippen molar-refractivity contribution >= 4 is 22.9 Å². The predicted molar refractivity (Wildman–Crippen MR) is 121 cm³/mol. The Labute approximate surface area is 169 Å². The van der Waals surface area contributed by atoms with Crippen molar-refractivity contribution in [2.24, 2.45) is 10.9 Å². The lowest BCUT2D eigenvalue weighted by Gasteiger charge is -2.16. The van der Waals surface area contributed by atoms with Gasteiger partial charge in [0.2, 0.25) is 0 Å². The minimum atomic E-state index is 0.572. The first kappa shape index (κ1) is 21.2. The fourth-order valence-corrected chi connectivity index (χ4v) is 3.43. The Kier molecular flexibility index (Phi) is 8.06. The topological polar surface area (TPSA) is 12.4 Å². The van der Waals surface area contributed by atoms with E-state index < -0.39 is 0 Å². The summed E-state index contributed by atoms with van der Waals surface area (Å²) in [4.78, 5) is 4.62. The maximum Gasteiger partial charge on any atom is 0.0718 e. The molecular weight excluding hydrogens is 350 g/mol. The van der Waals surface area contributed by atoms with Crippen LogP contribution in [0.15, 0.2) is 65.7 Å². The second-order valence-electron chi connectivity index (χ2n) is 7.12. The Morgan fingerprint density at radius 3 is 2.30 bits per heavy atom. The highest BCUT2D eigenvalue weighted by Crippen LogP contribution is 2.25. The average molecular weight is 380 g/mol. The molecule has 27 heavy (non-hydrogen) atoms. The lowest BCUT2D eigenvalue weighted by Crippen LogP contribution is -2.09. The van der Waals surface area contributed by atoms with Crippen LogP contribution in [0, 0.1) is 5.92 Å². The van der Waals surface area contributed by atoms with Crippen molar-refractivity contribution in [3.8, 4) is 0 Å². The minimum absolute atomic E-state index is 0.572. The van der Waals surface area contributed by atoms with Crippen LogP contribution in [-0.2, 0) is 6.42 Å². The lowest BCUT2D eigenvalue weighted by atomic mass is 9.89. The molecule has 0 unspecified atom stereocenters. The van der Waals surface area contributed by atoms with Crippen molar-refractivity contribution in [1.82, 2.24) is 0 Å². The summed E-state index contributed by atoms with van der Waals surface area (Å²) in [5.41, 5.74) is 7.19. The quantitative estimate of drug-likeness (QED) is 0.351. The molecule has 0 radical (unpaired) electrons. The van der Waals surface area contributed by atoms with Crippen LogP contribution in [0.25, 0.3) is 5.57 Å². The van der Waals surface area contributed by atoms with Gasteiger partial charge in [0, 0.05) is 23.2 Å². The van der Waals surface area contributed by atoms with Gasteiger partial charge in [0.1, 0.15) is 0 Å². The molecule has 0 heterocycles. The van der Waals surface area contributed by atoms with E-state index in [2.05, 4.69) is 69.1 Å². The van der Waals surface area contributed by atoms with Gasteiger partial charge in [-0.2, -0.15) is 0 Å². The smallest absolute Gasteiger partial charge is 0.0718 e. The Morgan fingerprint density at radius 2 is 1.74 bits per heavy atom. The molecule has 0 atom stereocenters. The molecule has 0 bridgehead atoms. The average Bonchev–Trinajstić information content (AvgIpc) is 2.64. The van der Waals surface area contributed by atoms with Crippen LogP contribution < -0.4 is 0 Å². The highest BCUT2D eigenvalue weighted by atomic mass is 35.5. The van der Waals surface area contributed by atoms with Crippen molar-refractivity contribution in [2.45, 2.75) is 40.5 Å². The van der Waals surface area contributed by atoms with Gasteiger partial charge in [-0.25, -0.2) is 0 Å². The fraction of sp³-hybridized carbons (Fsp3) is 0.320. The van der Waals surface area contributed by atoms with Crippen LogP contribution >= 0.6 is 11.6 Å². The van der Waals surface area contributed by atoms with Crippen LogP contribution in [0.4, 0.5) is 0 Å². The van der Waals surface area contributed by atoms with Crippen LogP contribution in [-0.4, -0.2) is 12.8 Å². The van der Waals surface area contributed by atoms with Crippen molar-refractivity contribution in [3.63, 3.8) is 0 Å². The Bertz CT molecular complexity index is 839. The maximum absolute atomic E-state index is 6.07. The SMILES string of the molecule is C/C=C\C(=C/CC)c1ccc(C(=NC)c2ccc(Cl)cc2)c(CC(C)C)c1. The summed E-state index contributed by atoms with van der Waals surface area (Å²) in [7, 11) is 1.86. The molecule has 0 aliphatic rings. The molecule has 0 saturated carbocycles. The molecule has 0 aliphatic carbocycles. The summed E-state index contributed by atoms with van der Waals surface area (Å²) < 4.78 is 0. The summed E-state index contributed by atoms with van der Waals surface area (Å²) in [6, 6.07) is 14.7. The van der Waals surface area contributed by atoms with Gasteiger partial charge in [0.05, 0.1) is 5.71 Å². The van der Waals surface area contributed by atoms with Gasteiger partial charge in [-0.15, -0.1) is 0 Å². The van der Waals surface area contributed by atoms with Crippen molar-refractivity contribution in [3.05, 3.63) is 88.0 Å². The zero-order valence-corrected chi connectivity index (χ0v) is 17.8. The van der Waals surface area contributed by atoms with E-state index in [1.54, 1.807) is 0 Å². The van der Waals surface area contributed by atoms with Crippen LogP contribution in [0.2, 0.25) is 5.02 Å². The van der Waals surface area contributed by atoms with E-state index >= 15 is 0 Å². The van der Waals surface area contributed by atoms with Crippen molar-refractivity contribution in [2.75, 3.05) is 7.05 Å². The normalized spacial score (nSPS) is 13.0. The molecule has 2 heteroatoms. The van der Waals surface area contributed by atoms with Crippen LogP contribution in [0.5, 0.6) is 0 Å². The van der Waals surface area contributed by atoms with E-state index in [0.29, 0.717) is 5.92 Å². The number of hydrogen-bond acceptors (Lipinski definition) is 1. The number of halogens is 1. The summed E-state index contributed by atoms with van der Waals surface area (Å²) in [6.45, 7) is 8.76. The lowest BCUT2D eigenvalue weighted by molar-refractivity contribution is 0.646. The van der Waals surface area contributed by atoms with E-state index in [1.807, 2.05) is 31.3 Å². The molecule has 0 aliphatic heterocycles. The Hall–Kier alpha value is -2.12. The molecule has 1 nitrogen and oxygen atoms in total. The molecule has 0 N–H and O–H groups in total. The van der Waals surface area contributed by atoms with E-state index in [1.165, 1.54) is 22.3 Å². The molecule has 2 aromatic rings. The van der Waals surface area contributed by atoms with Gasteiger partial charge in [0.15, 0.2) is 0 Å². The van der Waals surface area contributed by atoms with E-state index in [0.717, 1.165) is 29.1 Å². The maximum atomic E-state index is 6.07. The Morgan fingerprint density at radius 1 is 1.07 bits per heavy atom. The second kappa shape index (κ2) is 10.3. The number of allylic oxidation sites excluding steroid dienone is 4. The van der Waals surface area contributed by atoms with Gasteiger partial charge in [-0.1, -0.05) is 80.9 Å². The summed E-state index contributed by atoms with van der Waals surface area (Å²) in [5, 5.41) is 0.743. The third-order valence-corrected chi connectivity index (χ3v) is 4.69. The van der Waals surface area contributed by atoms with Crippen molar-refractivity contribution < 1.29 is 0 Å². The third-order valence-electron chi connectivity index (χ3n) is 4.43. The third kappa shape index (κ3) is 5.68. The highest BCUT2D eigenvalue weighted by molar-refractivity contribution is 6.30. The number of aliphatic imine (C=N–C) groups is 1. The van der Waals surface area contributed by atoms with E-state index in [-0.39, 0.29) is 0 Å². The first-order valence-electron chi connectivity index (χ1n) is 9.69. The summed E-state index contributed by atoms with van der Waals surface area (Å²) in [5.74, 6) is 0.572. The summed E-state index contributed by atoms with van der Waals surface area (Å²) in [6.07, 6.45) is 8.61. The molecule has 2 aromatic carbocycles. The summed E-state index contributed by atoms with van der Waals surface area (Å²) >= 11 is 6.07. The van der Waals surface area contributed by atoms with Gasteiger partial charge in [-0.3, -0.25) is 4.99 Å². The van der Waals surface area contributed by atoms with E-state index in [9.17, 15) is 0 Å². The predicted octanol–water partition coefficient (Wildman–Crippen LogP) is 7.38. The zero-order chi connectivity index (χ0) is 19.8. The molecule has 142 valence electrons. The van der Waals surface area contributed by atoms with Gasteiger partial charge < -0.3 is 0 Å². The van der Waals surface area contributed by atoms with Crippen molar-refractivity contribution in [1.29, 1.82) is 0 Å². The number of rotatable bonds is 7. The van der Waals surface area contributed by atoms with Crippen LogP contribution in [0.3, 0.4) is 0 Å². The highest BCUT2D eigenvalue weighted by Gasteiger charge is 2.14. The Balaban J connectivity index is 2.58. The number of hydrogen-bond donors (Lipinski definition) is 0. The molecule has 0 saturated heterocycles. The molecule has 0 amide bonds. The first-order valence-corrected chi connectivity index (χ1v) is 10.1. The zero-order valence-electron chi connectivity index (χ0n) is 17.1. The molecule has 0 spiro atoms. The standard InChI is InChI=1S/C25H30ClN/c1-6-8-19(9-7-2)21-12-15-24(22(17-21)16-18(3)4)25(27-5)20-10-13-23(26)14-11-20/h6,8-15,17-18H,7,16H2,1-5H3/b8-6-,19-9+,27-25?. The largest absolute Gasteiger partial charge is 0.287 e. The molecule has 0 fully saturated rings. The molecule has 0 aromatic heterocycles. The fourth-order valence-electron chi connectivity index (χ4n) is 3.31. The van der Waals surface area contributed by atoms with Gasteiger partial charge in [-0.05, 0) is 54.5 Å². The first-order chi connectivity index (χ1) is 13.0. The number of nitrogens with zero attached hydrogens (tertiary/aromatic N) is 1. The van der Waals surface area contributed by atoms with Gasteiger partial charge in [0.25, 0.3) is 0 Å². The monoisotopic (exact) mass is 379 g/mol. The second-order valence-corrected chi connectivity index (χ2v) is 7.55. The van der Waals surface area contributed by atoms with Gasteiger partial charge >= 0.3 is 0 Å².